The van der Waals surface area contributed by atoms with Crippen molar-refractivity contribution in [1.82, 2.24) is 0 Å². The van der Waals surface area contributed by atoms with Crippen molar-refractivity contribution < 1.29 is 10.0 Å². The lowest BCUT2D eigenvalue weighted by atomic mass is 10.3. The molecular formula is C8H8BrNO3S. The molecule has 0 bridgehead atoms. The first-order chi connectivity index (χ1) is 6.65. The molecular weight excluding hydrogens is 270 g/mol. The maximum absolute atomic E-state index is 10.4. The second-order valence-electron chi connectivity index (χ2n) is 2.44. The number of nitrogens with zero attached hydrogens (tertiary/aromatic N) is 1. The van der Waals surface area contributed by atoms with Gasteiger partial charge in [-0.25, -0.2) is 0 Å². The Morgan fingerprint density at radius 3 is 2.79 bits per heavy atom. The van der Waals surface area contributed by atoms with Crippen molar-refractivity contribution in [3.8, 4) is 0 Å². The van der Waals surface area contributed by atoms with E-state index in [0.29, 0.717) is 10.2 Å². The zero-order chi connectivity index (χ0) is 10.6. The minimum Gasteiger partial charge on any atom is -0.396 e. The van der Waals surface area contributed by atoms with Gasteiger partial charge in [-0.3, -0.25) is 10.1 Å². The maximum atomic E-state index is 10.4. The van der Waals surface area contributed by atoms with Crippen molar-refractivity contribution in [2.45, 2.75) is 4.90 Å². The first-order valence-electron chi connectivity index (χ1n) is 3.82. The molecule has 1 aromatic rings. The number of aliphatic hydroxyl groups is 1. The molecule has 6 heteroatoms. The SMILES string of the molecule is O=[N+]([O-])c1ccc(SCCO)c(Br)c1. The Bertz CT molecular complexity index is 345. The van der Waals surface area contributed by atoms with E-state index in [1.165, 1.54) is 23.9 Å². The van der Waals surface area contributed by atoms with E-state index in [1.807, 2.05) is 0 Å². The number of hydrogen-bond acceptors (Lipinski definition) is 4. The third-order valence-electron chi connectivity index (χ3n) is 1.48. The van der Waals surface area contributed by atoms with Crippen LogP contribution in [0.1, 0.15) is 0 Å². The molecule has 1 aromatic carbocycles. The zero-order valence-corrected chi connectivity index (χ0v) is 9.55. The molecule has 4 nitrogen and oxygen atoms in total. The van der Waals surface area contributed by atoms with Crippen LogP contribution in [0.3, 0.4) is 0 Å². The Kier molecular flexibility index (Phi) is 4.37. The Labute approximate surface area is 93.6 Å². The summed E-state index contributed by atoms with van der Waals surface area (Å²) in [6, 6.07) is 4.58. The van der Waals surface area contributed by atoms with Crippen LogP contribution in [-0.4, -0.2) is 22.4 Å². The van der Waals surface area contributed by atoms with Crippen molar-refractivity contribution in [3.63, 3.8) is 0 Å². The summed E-state index contributed by atoms with van der Waals surface area (Å²) < 4.78 is 0.685. The predicted octanol–water partition coefficient (Wildman–Crippen LogP) is 2.44. The van der Waals surface area contributed by atoms with Crippen molar-refractivity contribution in [2.24, 2.45) is 0 Å². The highest BCUT2D eigenvalue weighted by Crippen LogP contribution is 2.30. The molecule has 0 aromatic heterocycles. The van der Waals surface area contributed by atoms with E-state index in [9.17, 15) is 10.1 Å². The van der Waals surface area contributed by atoms with Gasteiger partial charge in [-0.1, -0.05) is 0 Å². The Morgan fingerprint density at radius 1 is 1.57 bits per heavy atom. The normalized spacial score (nSPS) is 10.1. The minimum absolute atomic E-state index is 0.0604. The Balaban J connectivity index is 2.84. The van der Waals surface area contributed by atoms with Crippen molar-refractivity contribution in [2.75, 3.05) is 12.4 Å². The number of benzene rings is 1. The summed E-state index contributed by atoms with van der Waals surface area (Å²) in [6.07, 6.45) is 0. The number of rotatable bonds is 4. The monoisotopic (exact) mass is 277 g/mol. The summed E-state index contributed by atoms with van der Waals surface area (Å²) in [4.78, 5) is 10.9. The van der Waals surface area contributed by atoms with Gasteiger partial charge in [-0.15, -0.1) is 11.8 Å². The molecule has 0 fully saturated rings. The van der Waals surface area contributed by atoms with Gasteiger partial charge in [0, 0.05) is 27.3 Å². The second-order valence-corrected chi connectivity index (χ2v) is 4.43. The van der Waals surface area contributed by atoms with Crippen LogP contribution in [0.4, 0.5) is 5.69 Å². The highest BCUT2D eigenvalue weighted by molar-refractivity contribution is 9.10. The summed E-state index contributed by atoms with van der Waals surface area (Å²) in [5.41, 5.74) is 0.0604. The highest BCUT2D eigenvalue weighted by Gasteiger charge is 2.08. The lowest BCUT2D eigenvalue weighted by molar-refractivity contribution is -0.385. The number of hydrogen-bond donors (Lipinski definition) is 1. The van der Waals surface area contributed by atoms with Crippen LogP contribution in [0.25, 0.3) is 0 Å². The quantitative estimate of drug-likeness (QED) is 0.522. The number of aliphatic hydroxyl groups excluding tert-OH is 1. The fourth-order valence-electron chi connectivity index (χ4n) is 0.876. The topological polar surface area (TPSA) is 63.4 Å². The molecule has 0 spiro atoms. The van der Waals surface area contributed by atoms with E-state index >= 15 is 0 Å². The van der Waals surface area contributed by atoms with Crippen LogP contribution in [-0.2, 0) is 0 Å². The van der Waals surface area contributed by atoms with Gasteiger partial charge in [-0.2, -0.15) is 0 Å². The van der Waals surface area contributed by atoms with E-state index < -0.39 is 4.92 Å². The number of nitro groups is 1. The van der Waals surface area contributed by atoms with Crippen LogP contribution in [0.5, 0.6) is 0 Å². The Morgan fingerprint density at radius 2 is 2.29 bits per heavy atom. The molecule has 0 radical (unpaired) electrons. The average molecular weight is 278 g/mol. The first-order valence-corrected chi connectivity index (χ1v) is 5.60. The van der Waals surface area contributed by atoms with Gasteiger partial charge in [0.1, 0.15) is 0 Å². The standard InChI is InChI=1S/C8H8BrNO3S/c9-7-5-6(10(12)13)1-2-8(7)14-4-3-11/h1-2,5,11H,3-4H2. The average Bonchev–Trinajstić information content (AvgIpc) is 2.15. The molecule has 0 aliphatic carbocycles. The van der Waals surface area contributed by atoms with Gasteiger partial charge in [0.2, 0.25) is 0 Å². The molecule has 0 atom stereocenters. The molecule has 0 saturated carbocycles. The molecule has 0 aliphatic heterocycles. The minimum atomic E-state index is -0.439. The first kappa shape index (κ1) is 11.5. The van der Waals surface area contributed by atoms with Gasteiger partial charge in [0.25, 0.3) is 5.69 Å². The smallest absolute Gasteiger partial charge is 0.270 e. The van der Waals surface area contributed by atoms with Gasteiger partial charge in [-0.05, 0) is 22.0 Å². The van der Waals surface area contributed by atoms with Crippen LogP contribution >= 0.6 is 27.7 Å². The van der Waals surface area contributed by atoms with E-state index in [4.69, 9.17) is 5.11 Å². The van der Waals surface area contributed by atoms with Gasteiger partial charge in [0.05, 0.1) is 11.5 Å². The molecule has 0 unspecified atom stereocenters. The molecule has 0 saturated heterocycles. The van der Waals surface area contributed by atoms with E-state index in [1.54, 1.807) is 6.07 Å². The van der Waals surface area contributed by atoms with E-state index in [2.05, 4.69) is 15.9 Å². The van der Waals surface area contributed by atoms with Crippen molar-refractivity contribution >= 4 is 33.4 Å². The van der Waals surface area contributed by atoms with E-state index in [-0.39, 0.29) is 12.3 Å². The van der Waals surface area contributed by atoms with Crippen LogP contribution in [0, 0.1) is 10.1 Å². The van der Waals surface area contributed by atoms with Gasteiger partial charge in [0.15, 0.2) is 0 Å². The van der Waals surface area contributed by atoms with E-state index in [0.717, 1.165) is 4.90 Å². The van der Waals surface area contributed by atoms with Crippen LogP contribution in [0.2, 0.25) is 0 Å². The molecule has 0 heterocycles. The molecule has 1 N–H and O–H groups in total. The predicted molar refractivity (Wildman–Crippen MR) is 58.6 cm³/mol. The summed E-state index contributed by atoms with van der Waals surface area (Å²) in [5.74, 6) is 0.580. The summed E-state index contributed by atoms with van der Waals surface area (Å²) >= 11 is 4.69. The lowest BCUT2D eigenvalue weighted by Crippen LogP contribution is -1.89. The number of non-ortho nitro benzene ring substituents is 1. The Hall–Kier alpha value is -0.590. The number of thioether (sulfide) groups is 1. The van der Waals surface area contributed by atoms with Crippen molar-refractivity contribution in [1.29, 1.82) is 0 Å². The summed E-state index contributed by atoms with van der Waals surface area (Å²) in [6.45, 7) is 0.0914. The highest BCUT2D eigenvalue weighted by atomic mass is 79.9. The largest absolute Gasteiger partial charge is 0.396 e. The number of halogens is 1. The number of nitro benzene ring substituents is 1. The molecule has 0 amide bonds. The zero-order valence-electron chi connectivity index (χ0n) is 7.14. The fourth-order valence-corrected chi connectivity index (χ4v) is 2.26. The van der Waals surface area contributed by atoms with Crippen LogP contribution in [0.15, 0.2) is 27.6 Å². The molecule has 0 aliphatic rings. The molecule has 14 heavy (non-hydrogen) atoms. The summed E-state index contributed by atoms with van der Waals surface area (Å²) in [5, 5.41) is 19.0. The fraction of sp³-hybridized carbons (Fsp3) is 0.250. The maximum Gasteiger partial charge on any atom is 0.270 e. The molecule has 76 valence electrons. The van der Waals surface area contributed by atoms with Gasteiger partial charge >= 0.3 is 0 Å². The van der Waals surface area contributed by atoms with Crippen LogP contribution < -0.4 is 0 Å². The molecule has 1 rings (SSSR count). The third-order valence-corrected chi connectivity index (χ3v) is 3.45. The van der Waals surface area contributed by atoms with Crippen molar-refractivity contribution in [3.05, 3.63) is 32.8 Å². The van der Waals surface area contributed by atoms with Gasteiger partial charge < -0.3 is 5.11 Å². The lowest BCUT2D eigenvalue weighted by Gasteiger charge is -2.01. The summed E-state index contributed by atoms with van der Waals surface area (Å²) in [7, 11) is 0. The second kappa shape index (κ2) is 5.33. The third kappa shape index (κ3) is 2.97.